The van der Waals surface area contributed by atoms with Crippen LogP contribution < -0.4 is 9.80 Å². The Kier molecular flexibility index (Phi) is 3.88. The second kappa shape index (κ2) is 5.84. The van der Waals surface area contributed by atoms with Crippen molar-refractivity contribution in [3.05, 3.63) is 59.7 Å². The van der Waals surface area contributed by atoms with E-state index in [0.717, 1.165) is 24.5 Å². The first-order chi connectivity index (χ1) is 10.6. The highest BCUT2D eigenvalue weighted by Gasteiger charge is 2.30. The average Bonchev–Trinajstić information content (AvgIpc) is 2.49. The van der Waals surface area contributed by atoms with Crippen molar-refractivity contribution in [3.8, 4) is 0 Å². The Hall–Kier alpha value is -2.29. The van der Waals surface area contributed by atoms with E-state index in [2.05, 4.69) is 49.1 Å². The minimum Gasteiger partial charge on any atom is -0.363 e. The Bertz CT molecular complexity index is 695. The van der Waals surface area contributed by atoms with Crippen molar-refractivity contribution in [1.82, 2.24) is 0 Å². The molecule has 22 heavy (non-hydrogen) atoms. The zero-order valence-electron chi connectivity index (χ0n) is 13.4. The minimum absolute atomic E-state index is 0.107. The summed E-state index contributed by atoms with van der Waals surface area (Å²) in [6, 6.07) is 16.9. The number of carbonyl (C=O) groups is 1. The van der Waals surface area contributed by atoms with Gasteiger partial charge in [0.15, 0.2) is 0 Å². The number of anilines is 2. The summed E-state index contributed by atoms with van der Waals surface area (Å²) in [7, 11) is 0. The molecule has 1 amide bonds. The summed E-state index contributed by atoms with van der Waals surface area (Å²) in [5, 5.41) is 0. The number of hydrogen-bond acceptors (Lipinski definition) is 2. The van der Waals surface area contributed by atoms with Crippen LogP contribution in [0.25, 0.3) is 0 Å². The highest BCUT2D eigenvalue weighted by atomic mass is 16.2. The maximum absolute atomic E-state index is 12.0. The molecular weight excluding hydrogens is 272 g/mol. The van der Waals surface area contributed by atoms with E-state index in [-0.39, 0.29) is 11.9 Å². The van der Waals surface area contributed by atoms with Gasteiger partial charge in [0.05, 0.1) is 17.4 Å². The van der Waals surface area contributed by atoms with Gasteiger partial charge in [0.1, 0.15) is 0 Å². The Morgan fingerprint density at radius 2 is 1.73 bits per heavy atom. The van der Waals surface area contributed by atoms with E-state index in [1.54, 1.807) is 6.92 Å². The van der Waals surface area contributed by atoms with Crippen molar-refractivity contribution in [3.63, 3.8) is 0 Å². The third kappa shape index (κ3) is 2.59. The van der Waals surface area contributed by atoms with Crippen molar-refractivity contribution in [2.24, 2.45) is 0 Å². The van der Waals surface area contributed by atoms with E-state index in [1.807, 2.05) is 23.1 Å². The van der Waals surface area contributed by atoms with Crippen molar-refractivity contribution in [2.45, 2.75) is 33.4 Å². The fourth-order valence-corrected chi connectivity index (χ4v) is 3.29. The summed E-state index contributed by atoms with van der Waals surface area (Å²) < 4.78 is 0. The monoisotopic (exact) mass is 294 g/mol. The van der Waals surface area contributed by atoms with Crippen LogP contribution in [0.4, 0.5) is 11.4 Å². The van der Waals surface area contributed by atoms with Gasteiger partial charge in [-0.15, -0.1) is 0 Å². The SMILES string of the molecule is CC(=O)N1c2ccccc2N(Cc2ccccc2C)CC1C. The molecule has 3 rings (SSSR count). The molecule has 2 aromatic rings. The van der Waals surface area contributed by atoms with Crippen LogP contribution in [0.3, 0.4) is 0 Å². The predicted molar refractivity (Wildman–Crippen MR) is 91.3 cm³/mol. The molecule has 2 aromatic carbocycles. The summed E-state index contributed by atoms with van der Waals surface area (Å²) in [6.07, 6.45) is 0. The molecule has 0 radical (unpaired) electrons. The van der Waals surface area contributed by atoms with Gasteiger partial charge in [0.25, 0.3) is 0 Å². The zero-order valence-corrected chi connectivity index (χ0v) is 13.4. The molecule has 1 aliphatic heterocycles. The van der Waals surface area contributed by atoms with Crippen LogP contribution in [0.5, 0.6) is 0 Å². The summed E-state index contributed by atoms with van der Waals surface area (Å²) in [4.78, 5) is 16.3. The lowest BCUT2D eigenvalue weighted by molar-refractivity contribution is -0.117. The molecule has 0 N–H and O–H groups in total. The molecule has 1 heterocycles. The fraction of sp³-hybridized carbons (Fsp3) is 0.316. The van der Waals surface area contributed by atoms with Crippen LogP contribution >= 0.6 is 0 Å². The molecular formula is C19H22N2O. The van der Waals surface area contributed by atoms with Gasteiger partial charge >= 0.3 is 0 Å². The Labute approximate surface area is 132 Å². The van der Waals surface area contributed by atoms with E-state index in [1.165, 1.54) is 11.1 Å². The van der Waals surface area contributed by atoms with Gasteiger partial charge in [-0.1, -0.05) is 36.4 Å². The number of nitrogens with zero attached hydrogens (tertiary/aromatic N) is 2. The van der Waals surface area contributed by atoms with Gasteiger partial charge in [-0.25, -0.2) is 0 Å². The highest BCUT2D eigenvalue weighted by molar-refractivity contribution is 5.97. The van der Waals surface area contributed by atoms with Crippen molar-refractivity contribution in [1.29, 1.82) is 0 Å². The van der Waals surface area contributed by atoms with Gasteiger partial charge in [-0.2, -0.15) is 0 Å². The van der Waals surface area contributed by atoms with E-state index in [9.17, 15) is 4.79 Å². The summed E-state index contributed by atoms with van der Waals surface area (Å²) in [6.45, 7) is 7.63. The molecule has 0 spiro atoms. The van der Waals surface area contributed by atoms with E-state index in [4.69, 9.17) is 0 Å². The van der Waals surface area contributed by atoms with Crippen LogP contribution in [0.1, 0.15) is 25.0 Å². The lowest BCUT2D eigenvalue weighted by Crippen LogP contribution is -2.49. The van der Waals surface area contributed by atoms with Crippen LogP contribution in [-0.4, -0.2) is 18.5 Å². The summed E-state index contributed by atoms with van der Waals surface area (Å²) >= 11 is 0. The third-order valence-corrected chi connectivity index (χ3v) is 4.37. The lowest BCUT2D eigenvalue weighted by atomic mass is 10.0. The second-order valence-corrected chi connectivity index (χ2v) is 6.03. The van der Waals surface area contributed by atoms with Gasteiger partial charge in [0.2, 0.25) is 5.91 Å². The molecule has 3 heteroatoms. The number of rotatable bonds is 2. The van der Waals surface area contributed by atoms with Crippen LogP contribution in [0.15, 0.2) is 48.5 Å². The molecule has 1 aliphatic rings. The Morgan fingerprint density at radius 3 is 2.41 bits per heavy atom. The van der Waals surface area contributed by atoms with Crippen molar-refractivity contribution in [2.75, 3.05) is 16.3 Å². The molecule has 0 bridgehead atoms. The van der Waals surface area contributed by atoms with Gasteiger partial charge in [0, 0.05) is 20.0 Å². The standard InChI is InChI=1S/C19H22N2O/c1-14-8-4-5-9-17(14)13-20-12-15(2)21(16(3)22)19-11-7-6-10-18(19)20/h4-11,15H,12-13H2,1-3H3. The number of carbonyl (C=O) groups excluding carboxylic acids is 1. The molecule has 3 nitrogen and oxygen atoms in total. The van der Waals surface area contributed by atoms with Crippen LogP contribution in [0.2, 0.25) is 0 Å². The summed E-state index contributed by atoms with van der Waals surface area (Å²) in [5.41, 5.74) is 4.80. The number of benzene rings is 2. The number of hydrogen-bond donors (Lipinski definition) is 0. The minimum atomic E-state index is 0.107. The number of aryl methyl sites for hydroxylation is 1. The van der Waals surface area contributed by atoms with Crippen LogP contribution in [0, 0.1) is 6.92 Å². The van der Waals surface area contributed by atoms with Crippen LogP contribution in [-0.2, 0) is 11.3 Å². The quantitative estimate of drug-likeness (QED) is 0.842. The maximum atomic E-state index is 12.0. The third-order valence-electron chi connectivity index (χ3n) is 4.37. The largest absolute Gasteiger partial charge is 0.363 e. The predicted octanol–water partition coefficient (Wildman–Crippen LogP) is 3.76. The van der Waals surface area contributed by atoms with E-state index < -0.39 is 0 Å². The first kappa shape index (κ1) is 14.6. The molecule has 0 aromatic heterocycles. The molecule has 0 aliphatic carbocycles. The van der Waals surface area contributed by atoms with Crippen molar-refractivity contribution < 1.29 is 4.79 Å². The van der Waals surface area contributed by atoms with Gasteiger partial charge < -0.3 is 9.80 Å². The molecule has 1 unspecified atom stereocenters. The fourth-order valence-electron chi connectivity index (χ4n) is 3.29. The van der Waals surface area contributed by atoms with Gasteiger partial charge in [-0.3, -0.25) is 4.79 Å². The average molecular weight is 294 g/mol. The first-order valence-corrected chi connectivity index (χ1v) is 7.76. The zero-order chi connectivity index (χ0) is 15.7. The topological polar surface area (TPSA) is 23.6 Å². The Morgan fingerprint density at radius 1 is 1.09 bits per heavy atom. The molecule has 0 fully saturated rings. The Balaban J connectivity index is 1.98. The normalized spacial score (nSPS) is 17.3. The smallest absolute Gasteiger partial charge is 0.224 e. The molecule has 114 valence electrons. The highest BCUT2D eigenvalue weighted by Crippen LogP contribution is 2.36. The first-order valence-electron chi connectivity index (χ1n) is 7.76. The number of amides is 1. The molecule has 0 saturated carbocycles. The second-order valence-electron chi connectivity index (χ2n) is 6.03. The molecule has 0 saturated heterocycles. The van der Waals surface area contributed by atoms with Gasteiger partial charge in [-0.05, 0) is 37.1 Å². The number of para-hydroxylation sites is 2. The van der Waals surface area contributed by atoms with E-state index in [0.29, 0.717) is 0 Å². The van der Waals surface area contributed by atoms with Crippen molar-refractivity contribution >= 4 is 17.3 Å². The molecule has 1 atom stereocenters. The maximum Gasteiger partial charge on any atom is 0.224 e. The van der Waals surface area contributed by atoms with E-state index >= 15 is 0 Å². The summed E-state index contributed by atoms with van der Waals surface area (Å²) in [5.74, 6) is 0.107. The lowest BCUT2D eigenvalue weighted by Gasteiger charge is -2.42. The number of fused-ring (bicyclic) bond motifs is 1.